The molecule has 1 aromatic heterocycles. The number of halogens is 1. The van der Waals surface area contributed by atoms with Crippen molar-refractivity contribution in [2.45, 2.75) is 26.3 Å². The summed E-state index contributed by atoms with van der Waals surface area (Å²) in [4.78, 5) is 19.3. The molecule has 1 aliphatic heterocycles. The van der Waals surface area contributed by atoms with E-state index in [9.17, 15) is 4.79 Å². The van der Waals surface area contributed by atoms with E-state index in [-0.39, 0.29) is 11.8 Å². The van der Waals surface area contributed by atoms with Crippen molar-refractivity contribution < 1.29 is 9.32 Å². The van der Waals surface area contributed by atoms with Gasteiger partial charge < -0.3 is 9.84 Å². The molecule has 2 aromatic carbocycles. The molecule has 0 radical (unpaired) electrons. The molecule has 0 saturated carbocycles. The van der Waals surface area contributed by atoms with Crippen LogP contribution in [-0.4, -0.2) is 34.0 Å². The molecule has 6 nitrogen and oxygen atoms in total. The highest BCUT2D eigenvalue weighted by atomic mass is 35.5. The van der Waals surface area contributed by atoms with Crippen LogP contribution in [0.3, 0.4) is 0 Å². The molecular formula is C22H23ClN4O2. The smallest absolute Gasteiger partial charge is 0.241 e. The van der Waals surface area contributed by atoms with Crippen molar-refractivity contribution >= 4 is 23.2 Å². The number of hydrogen-bond donors (Lipinski definition) is 1. The largest absolute Gasteiger partial charge is 0.338 e. The fourth-order valence-electron chi connectivity index (χ4n) is 3.59. The van der Waals surface area contributed by atoms with Gasteiger partial charge in [-0.3, -0.25) is 9.69 Å². The SMILES string of the molecule is Cc1ccccc1-c1noc(CN2CCC(C(=O)Nc3ccccc3Cl)CC2)n1. The Morgan fingerprint density at radius 1 is 1.17 bits per heavy atom. The molecule has 150 valence electrons. The second-order valence-corrected chi connectivity index (χ2v) is 7.75. The summed E-state index contributed by atoms with van der Waals surface area (Å²) in [7, 11) is 0. The first-order chi connectivity index (χ1) is 14.1. The lowest BCUT2D eigenvalue weighted by Crippen LogP contribution is -2.37. The maximum atomic E-state index is 12.5. The van der Waals surface area contributed by atoms with E-state index in [1.807, 2.05) is 49.4 Å². The molecule has 1 fully saturated rings. The highest BCUT2D eigenvalue weighted by Crippen LogP contribution is 2.25. The van der Waals surface area contributed by atoms with Gasteiger partial charge in [0.15, 0.2) is 0 Å². The lowest BCUT2D eigenvalue weighted by molar-refractivity contribution is -0.121. The zero-order valence-corrected chi connectivity index (χ0v) is 17.0. The van der Waals surface area contributed by atoms with Crippen LogP contribution in [0.2, 0.25) is 5.02 Å². The van der Waals surface area contributed by atoms with Crippen molar-refractivity contribution in [3.05, 3.63) is 65.0 Å². The number of anilines is 1. The molecule has 1 amide bonds. The van der Waals surface area contributed by atoms with Gasteiger partial charge in [-0.2, -0.15) is 4.98 Å². The van der Waals surface area contributed by atoms with Gasteiger partial charge in [0, 0.05) is 11.5 Å². The van der Waals surface area contributed by atoms with E-state index in [0.29, 0.717) is 29.0 Å². The summed E-state index contributed by atoms with van der Waals surface area (Å²) < 4.78 is 5.45. The third-order valence-corrected chi connectivity index (χ3v) is 5.63. The summed E-state index contributed by atoms with van der Waals surface area (Å²) in [6.45, 7) is 4.24. The zero-order valence-electron chi connectivity index (χ0n) is 16.3. The molecular weight excluding hydrogens is 388 g/mol. The van der Waals surface area contributed by atoms with Crippen LogP contribution in [0.4, 0.5) is 5.69 Å². The monoisotopic (exact) mass is 410 g/mol. The highest BCUT2D eigenvalue weighted by molar-refractivity contribution is 6.33. The third-order valence-electron chi connectivity index (χ3n) is 5.30. The number of piperidine rings is 1. The predicted octanol–water partition coefficient (Wildman–Crippen LogP) is 4.55. The van der Waals surface area contributed by atoms with E-state index in [4.69, 9.17) is 16.1 Å². The van der Waals surface area contributed by atoms with E-state index in [1.165, 1.54) is 0 Å². The summed E-state index contributed by atoms with van der Waals surface area (Å²) in [6, 6.07) is 15.3. The standard InChI is InChI=1S/C22H23ClN4O2/c1-15-6-2-3-7-17(15)21-25-20(29-26-21)14-27-12-10-16(11-13-27)22(28)24-19-9-5-4-8-18(19)23/h2-9,16H,10-14H2,1H3,(H,24,28). The summed E-state index contributed by atoms with van der Waals surface area (Å²) in [6.07, 6.45) is 1.57. The van der Waals surface area contributed by atoms with Crippen LogP contribution in [0.25, 0.3) is 11.4 Å². The van der Waals surface area contributed by atoms with Gasteiger partial charge >= 0.3 is 0 Å². The van der Waals surface area contributed by atoms with Crippen molar-refractivity contribution in [2.75, 3.05) is 18.4 Å². The molecule has 7 heteroatoms. The van der Waals surface area contributed by atoms with Crippen LogP contribution >= 0.6 is 11.6 Å². The molecule has 0 aliphatic carbocycles. The molecule has 0 atom stereocenters. The number of likely N-dealkylation sites (tertiary alicyclic amines) is 1. The Morgan fingerprint density at radius 3 is 2.66 bits per heavy atom. The number of rotatable bonds is 5. The molecule has 1 saturated heterocycles. The Kier molecular flexibility index (Phi) is 5.92. The molecule has 1 N–H and O–H groups in total. The van der Waals surface area contributed by atoms with Crippen molar-refractivity contribution in [3.63, 3.8) is 0 Å². The van der Waals surface area contributed by atoms with Gasteiger partial charge in [0.2, 0.25) is 17.6 Å². The van der Waals surface area contributed by atoms with Gasteiger partial charge in [-0.15, -0.1) is 0 Å². The number of aryl methyl sites for hydroxylation is 1. The fourth-order valence-corrected chi connectivity index (χ4v) is 3.78. The topological polar surface area (TPSA) is 71.3 Å². The molecule has 29 heavy (non-hydrogen) atoms. The van der Waals surface area contributed by atoms with Crippen molar-refractivity contribution in [3.8, 4) is 11.4 Å². The fraction of sp³-hybridized carbons (Fsp3) is 0.318. The van der Waals surface area contributed by atoms with E-state index in [2.05, 4.69) is 20.4 Å². The van der Waals surface area contributed by atoms with Gasteiger partial charge in [-0.1, -0.05) is 53.2 Å². The van der Waals surface area contributed by atoms with Gasteiger partial charge in [-0.05, 0) is 50.6 Å². The minimum Gasteiger partial charge on any atom is -0.338 e. The summed E-state index contributed by atoms with van der Waals surface area (Å²) in [5.74, 6) is 1.22. The van der Waals surface area contributed by atoms with Crippen molar-refractivity contribution in [1.82, 2.24) is 15.0 Å². The average molecular weight is 411 g/mol. The second-order valence-electron chi connectivity index (χ2n) is 7.35. The third kappa shape index (κ3) is 4.66. The maximum absolute atomic E-state index is 12.5. The molecule has 3 aromatic rings. The summed E-state index contributed by atoms with van der Waals surface area (Å²) >= 11 is 6.13. The Bertz CT molecular complexity index is 996. The number of carbonyl (C=O) groups is 1. The summed E-state index contributed by atoms with van der Waals surface area (Å²) in [5.41, 5.74) is 2.76. The van der Waals surface area contributed by atoms with Crippen molar-refractivity contribution in [2.24, 2.45) is 5.92 Å². The number of para-hydroxylation sites is 1. The first-order valence-electron chi connectivity index (χ1n) is 9.76. The number of amides is 1. The van der Waals surface area contributed by atoms with E-state index < -0.39 is 0 Å². The highest BCUT2D eigenvalue weighted by Gasteiger charge is 2.26. The normalized spacial score (nSPS) is 15.4. The maximum Gasteiger partial charge on any atom is 0.241 e. The average Bonchev–Trinajstić information content (AvgIpc) is 3.19. The molecule has 0 spiro atoms. The van der Waals surface area contributed by atoms with Gasteiger partial charge in [0.1, 0.15) is 0 Å². The van der Waals surface area contributed by atoms with Crippen LogP contribution < -0.4 is 5.32 Å². The first kappa shape index (κ1) is 19.6. The van der Waals surface area contributed by atoms with Crippen LogP contribution in [0.1, 0.15) is 24.3 Å². The Labute approximate surface area is 174 Å². The summed E-state index contributed by atoms with van der Waals surface area (Å²) in [5, 5.41) is 7.62. The zero-order chi connectivity index (χ0) is 20.2. The molecule has 2 heterocycles. The van der Waals surface area contributed by atoms with Gasteiger partial charge in [0.25, 0.3) is 0 Å². The van der Waals surface area contributed by atoms with Crippen molar-refractivity contribution in [1.29, 1.82) is 0 Å². The Balaban J connectivity index is 1.31. The molecule has 0 unspecified atom stereocenters. The number of benzene rings is 2. The predicted molar refractivity (Wildman–Crippen MR) is 113 cm³/mol. The Morgan fingerprint density at radius 2 is 1.90 bits per heavy atom. The van der Waals surface area contributed by atoms with Gasteiger partial charge in [0.05, 0.1) is 17.3 Å². The van der Waals surface area contributed by atoms with Crippen LogP contribution in [0, 0.1) is 12.8 Å². The molecule has 4 rings (SSSR count). The number of carbonyl (C=O) groups excluding carboxylic acids is 1. The molecule has 1 aliphatic rings. The number of hydrogen-bond acceptors (Lipinski definition) is 5. The minimum absolute atomic E-state index is 0.0206. The molecule has 0 bridgehead atoms. The number of aromatic nitrogens is 2. The lowest BCUT2D eigenvalue weighted by Gasteiger charge is -2.30. The second kappa shape index (κ2) is 8.76. The number of nitrogens with zero attached hydrogens (tertiary/aromatic N) is 3. The minimum atomic E-state index is -0.0206. The van der Waals surface area contributed by atoms with E-state index >= 15 is 0 Å². The van der Waals surface area contributed by atoms with Gasteiger partial charge in [-0.25, -0.2) is 0 Å². The number of nitrogens with one attached hydrogen (secondary N) is 1. The van der Waals surface area contributed by atoms with E-state index in [1.54, 1.807) is 6.07 Å². The van der Waals surface area contributed by atoms with Crippen LogP contribution in [0.5, 0.6) is 0 Å². The first-order valence-corrected chi connectivity index (χ1v) is 10.1. The Hall–Kier alpha value is -2.70. The lowest BCUT2D eigenvalue weighted by atomic mass is 9.96. The van der Waals surface area contributed by atoms with Crippen LogP contribution in [0.15, 0.2) is 53.1 Å². The van der Waals surface area contributed by atoms with E-state index in [0.717, 1.165) is 37.1 Å². The quantitative estimate of drug-likeness (QED) is 0.668. The van der Waals surface area contributed by atoms with Crippen LogP contribution in [-0.2, 0) is 11.3 Å².